The van der Waals surface area contributed by atoms with Crippen molar-refractivity contribution < 1.29 is 14.7 Å². The molecule has 0 aliphatic carbocycles. The molecule has 1 N–H and O–H groups in total. The van der Waals surface area contributed by atoms with E-state index in [0.717, 1.165) is 18.7 Å². The van der Waals surface area contributed by atoms with Crippen molar-refractivity contribution >= 4 is 23.8 Å². The quantitative estimate of drug-likeness (QED) is 0.719. The number of hydrogen-bond acceptors (Lipinski definition) is 3. The van der Waals surface area contributed by atoms with Gasteiger partial charge in [-0.05, 0) is 12.8 Å². The zero-order valence-electron chi connectivity index (χ0n) is 8.39. The number of thioether (sulfide) groups is 1. The molecule has 5 nitrogen and oxygen atoms in total. The molecule has 0 bridgehead atoms. The number of amides is 2. The third-order valence-electron chi connectivity index (χ3n) is 2.85. The van der Waals surface area contributed by atoms with Crippen LogP contribution >= 0.6 is 11.8 Å². The van der Waals surface area contributed by atoms with Crippen molar-refractivity contribution in [2.75, 3.05) is 24.7 Å². The summed E-state index contributed by atoms with van der Waals surface area (Å²) in [5.74, 6) is 1.66. The first-order valence-electron chi connectivity index (χ1n) is 5.06. The van der Waals surface area contributed by atoms with Crippen molar-refractivity contribution in [1.29, 1.82) is 0 Å². The van der Waals surface area contributed by atoms with Crippen molar-refractivity contribution in [3.63, 3.8) is 0 Å². The van der Waals surface area contributed by atoms with E-state index in [9.17, 15) is 9.59 Å². The smallest absolute Gasteiger partial charge is 0.407 e. The first-order chi connectivity index (χ1) is 7.20. The van der Waals surface area contributed by atoms with Crippen LogP contribution in [0.5, 0.6) is 0 Å². The highest BCUT2D eigenvalue weighted by Crippen LogP contribution is 2.22. The largest absolute Gasteiger partial charge is 0.465 e. The van der Waals surface area contributed by atoms with E-state index in [4.69, 9.17) is 5.11 Å². The van der Waals surface area contributed by atoms with Crippen LogP contribution in [0, 0.1) is 0 Å². The molecule has 2 saturated heterocycles. The number of hydrogen-bond donors (Lipinski definition) is 1. The first-order valence-corrected chi connectivity index (χ1v) is 6.21. The van der Waals surface area contributed by atoms with E-state index in [1.54, 1.807) is 16.7 Å². The van der Waals surface area contributed by atoms with Gasteiger partial charge in [-0.15, -0.1) is 11.8 Å². The van der Waals surface area contributed by atoms with Crippen molar-refractivity contribution in [1.82, 2.24) is 9.80 Å². The molecule has 2 rings (SSSR count). The molecule has 0 aromatic carbocycles. The Morgan fingerprint density at radius 2 is 2.13 bits per heavy atom. The highest BCUT2D eigenvalue weighted by atomic mass is 32.2. The lowest BCUT2D eigenvalue weighted by atomic mass is 10.2. The maximum atomic E-state index is 12.0. The number of carbonyl (C=O) groups is 2. The topological polar surface area (TPSA) is 60.9 Å². The molecule has 2 fully saturated rings. The summed E-state index contributed by atoms with van der Waals surface area (Å²) in [6.07, 6.45) is 0.494. The van der Waals surface area contributed by atoms with Crippen molar-refractivity contribution in [3.05, 3.63) is 0 Å². The second kappa shape index (κ2) is 4.30. The lowest BCUT2D eigenvalue weighted by Gasteiger charge is -2.25. The molecular formula is C9H14N2O3S. The summed E-state index contributed by atoms with van der Waals surface area (Å²) in [6, 6.07) is -0.429. The van der Waals surface area contributed by atoms with E-state index in [2.05, 4.69) is 0 Å². The Hall–Kier alpha value is -0.910. The fourth-order valence-corrected chi connectivity index (χ4v) is 3.01. The summed E-state index contributed by atoms with van der Waals surface area (Å²) in [4.78, 5) is 25.9. The number of rotatable bonds is 1. The molecular weight excluding hydrogens is 216 g/mol. The molecule has 0 radical (unpaired) electrons. The minimum atomic E-state index is -0.974. The second-order valence-corrected chi connectivity index (χ2v) is 4.85. The van der Waals surface area contributed by atoms with Gasteiger partial charge in [0.2, 0.25) is 5.91 Å². The Morgan fingerprint density at radius 3 is 2.73 bits per heavy atom. The van der Waals surface area contributed by atoms with E-state index in [-0.39, 0.29) is 5.91 Å². The molecule has 2 amide bonds. The average Bonchev–Trinajstić information content (AvgIpc) is 2.88. The van der Waals surface area contributed by atoms with Gasteiger partial charge >= 0.3 is 6.09 Å². The molecule has 0 saturated carbocycles. The van der Waals surface area contributed by atoms with Gasteiger partial charge in [-0.3, -0.25) is 9.69 Å². The van der Waals surface area contributed by atoms with Gasteiger partial charge < -0.3 is 10.0 Å². The summed E-state index contributed by atoms with van der Waals surface area (Å²) in [5, 5.41) is 8.93. The summed E-state index contributed by atoms with van der Waals surface area (Å²) >= 11 is 1.72. The van der Waals surface area contributed by atoms with Gasteiger partial charge in [-0.1, -0.05) is 0 Å². The van der Waals surface area contributed by atoms with Crippen LogP contribution in [0.1, 0.15) is 12.8 Å². The molecule has 0 aromatic heterocycles. The van der Waals surface area contributed by atoms with E-state index >= 15 is 0 Å². The van der Waals surface area contributed by atoms with Crippen LogP contribution in [0.15, 0.2) is 0 Å². The van der Waals surface area contributed by atoms with E-state index < -0.39 is 12.1 Å². The molecule has 2 aliphatic rings. The normalized spacial score (nSPS) is 26.0. The van der Waals surface area contributed by atoms with Gasteiger partial charge in [0.15, 0.2) is 0 Å². The van der Waals surface area contributed by atoms with Gasteiger partial charge in [-0.25, -0.2) is 4.79 Å². The fraction of sp³-hybridized carbons (Fsp3) is 0.778. The maximum Gasteiger partial charge on any atom is 0.407 e. The number of carbonyl (C=O) groups excluding carboxylic acids is 1. The number of likely N-dealkylation sites (tertiary alicyclic amines) is 1. The predicted molar refractivity (Wildman–Crippen MR) is 56.8 cm³/mol. The van der Waals surface area contributed by atoms with Crippen molar-refractivity contribution in [3.8, 4) is 0 Å². The number of nitrogens with zero attached hydrogens (tertiary/aromatic N) is 2. The third-order valence-corrected chi connectivity index (χ3v) is 3.81. The molecule has 6 heteroatoms. The predicted octanol–water partition coefficient (Wildman–Crippen LogP) is 0.662. The Labute approximate surface area is 92.4 Å². The lowest BCUT2D eigenvalue weighted by Crippen LogP contribution is -2.46. The minimum Gasteiger partial charge on any atom is -0.465 e. The zero-order chi connectivity index (χ0) is 10.8. The lowest BCUT2D eigenvalue weighted by molar-refractivity contribution is -0.133. The molecule has 2 aliphatic heterocycles. The molecule has 1 atom stereocenters. The Kier molecular flexibility index (Phi) is 3.04. The molecule has 0 aromatic rings. The summed E-state index contributed by atoms with van der Waals surface area (Å²) in [7, 11) is 0. The van der Waals surface area contributed by atoms with Crippen LogP contribution in [-0.4, -0.2) is 57.7 Å². The Morgan fingerprint density at radius 1 is 1.33 bits per heavy atom. The third kappa shape index (κ3) is 2.04. The number of carboxylic acid groups (broad SMARTS) is 1. The highest BCUT2D eigenvalue weighted by molar-refractivity contribution is 7.99. The standard InChI is InChI=1S/C9H14N2O3S/c12-8(10-4-5-15-6-10)7-2-1-3-11(7)9(13)14/h7H,1-6H2,(H,13,14). The van der Waals surface area contributed by atoms with Gasteiger partial charge in [0.1, 0.15) is 6.04 Å². The molecule has 15 heavy (non-hydrogen) atoms. The van der Waals surface area contributed by atoms with Crippen LogP contribution in [0.25, 0.3) is 0 Å². The van der Waals surface area contributed by atoms with E-state index in [0.29, 0.717) is 18.8 Å². The van der Waals surface area contributed by atoms with Gasteiger partial charge in [0, 0.05) is 18.8 Å². The Bertz CT molecular complexity index is 279. The fourth-order valence-electron chi connectivity index (χ4n) is 2.05. The molecule has 0 spiro atoms. The highest BCUT2D eigenvalue weighted by Gasteiger charge is 2.37. The van der Waals surface area contributed by atoms with Crippen molar-refractivity contribution in [2.24, 2.45) is 0 Å². The SMILES string of the molecule is O=C(C1CCCN1C(=O)O)N1CCSC1. The van der Waals surface area contributed by atoms with Crippen LogP contribution in [0.2, 0.25) is 0 Å². The molecule has 84 valence electrons. The summed E-state index contributed by atoms with van der Waals surface area (Å²) in [5.41, 5.74) is 0. The average molecular weight is 230 g/mol. The van der Waals surface area contributed by atoms with Crippen LogP contribution in [-0.2, 0) is 4.79 Å². The van der Waals surface area contributed by atoms with E-state index in [1.807, 2.05) is 0 Å². The Balaban J connectivity index is 2.02. The van der Waals surface area contributed by atoms with Crippen molar-refractivity contribution in [2.45, 2.75) is 18.9 Å². The molecule has 2 heterocycles. The van der Waals surface area contributed by atoms with Crippen LogP contribution < -0.4 is 0 Å². The monoisotopic (exact) mass is 230 g/mol. The zero-order valence-corrected chi connectivity index (χ0v) is 9.20. The van der Waals surface area contributed by atoms with Gasteiger partial charge in [0.05, 0.1) is 5.88 Å². The second-order valence-electron chi connectivity index (χ2n) is 3.77. The minimum absolute atomic E-state index is 0.0140. The van der Waals surface area contributed by atoms with Crippen LogP contribution in [0.4, 0.5) is 4.79 Å². The van der Waals surface area contributed by atoms with E-state index in [1.165, 1.54) is 4.90 Å². The summed E-state index contributed by atoms with van der Waals surface area (Å²) in [6.45, 7) is 1.25. The maximum absolute atomic E-state index is 12.0. The van der Waals surface area contributed by atoms with Gasteiger partial charge in [0.25, 0.3) is 0 Å². The first kappa shape index (κ1) is 10.6. The van der Waals surface area contributed by atoms with Crippen LogP contribution in [0.3, 0.4) is 0 Å². The molecule has 1 unspecified atom stereocenters. The summed E-state index contributed by atoms with van der Waals surface area (Å²) < 4.78 is 0. The van der Waals surface area contributed by atoms with Gasteiger partial charge in [-0.2, -0.15) is 0 Å².